The van der Waals surface area contributed by atoms with Crippen molar-refractivity contribution in [3.05, 3.63) is 59.9 Å². The number of carbonyl (C=O) groups is 1. The number of nitrogens with one attached hydrogen (secondary N) is 1. The van der Waals surface area contributed by atoms with Gasteiger partial charge in [-0.3, -0.25) is 4.79 Å². The van der Waals surface area contributed by atoms with Crippen LogP contribution in [0.3, 0.4) is 0 Å². The number of methoxy groups -OCH3 is 1. The number of fused-ring (bicyclic) bond motifs is 1. The molecule has 0 aliphatic carbocycles. The summed E-state index contributed by atoms with van der Waals surface area (Å²) in [6, 6.07) is 15.3. The van der Waals surface area contributed by atoms with Crippen LogP contribution in [0, 0.1) is 0 Å². The van der Waals surface area contributed by atoms with Crippen LogP contribution in [0.2, 0.25) is 0 Å². The summed E-state index contributed by atoms with van der Waals surface area (Å²) in [7, 11) is 1.63. The quantitative estimate of drug-likeness (QED) is 0.135. The lowest BCUT2D eigenvalue weighted by Crippen LogP contribution is -2.28. The molecular formula is C35H53N3O2. The molecule has 0 bridgehead atoms. The van der Waals surface area contributed by atoms with E-state index in [0.29, 0.717) is 5.56 Å². The van der Waals surface area contributed by atoms with Crippen LogP contribution in [0.5, 0.6) is 5.75 Å². The van der Waals surface area contributed by atoms with E-state index in [1.54, 1.807) is 19.2 Å². The molecule has 1 amide bonds. The molecule has 1 aromatic heterocycles. The van der Waals surface area contributed by atoms with Crippen molar-refractivity contribution in [2.45, 2.75) is 129 Å². The predicted molar refractivity (Wildman–Crippen MR) is 168 cm³/mol. The number of aryl methyl sites for hydroxylation is 1. The second-order valence-corrected chi connectivity index (χ2v) is 11.3. The second-order valence-electron chi connectivity index (χ2n) is 11.3. The Balaban J connectivity index is 1.35. The Kier molecular flexibility index (Phi) is 14.7. The Bertz CT molecular complexity index is 1110. The molecule has 0 aliphatic heterocycles. The van der Waals surface area contributed by atoms with Crippen molar-refractivity contribution in [2.75, 3.05) is 7.11 Å². The van der Waals surface area contributed by atoms with Crippen LogP contribution in [0.25, 0.3) is 11.0 Å². The predicted octanol–water partition coefficient (Wildman–Crippen LogP) is 9.80. The molecule has 0 saturated heterocycles. The molecule has 1 atom stereocenters. The molecule has 5 heteroatoms. The van der Waals surface area contributed by atoms with Gasteiger partial charge in [0.1, 0.15) is 11.6 Å². The molecule has 40 heavy (non-hydrogen) atoms. The van der Waals surface area contributed by atoms with Crippen LogP contribution in [0.15, 0.2) is 48.5 Å². The van der Waals surface area contributed by atoms with Crippen LogP contribution in [-0.2, 0) is 6.54 Å². The van der Waals surface area contributed by atoms with Gasteiger partial charge in [0, 0.05) is 12.1 Å². The number of aromatic nitrogens is 2. The van der Waals surface area contributed by atoms with Gasteiger partial charge in [0.05, 0.1) is 24.2 Å². The van der Waals surface area contributed by atoms with Crippen molar-refractivity contribution in [3.8, 4) is 5.75 Å². The van der Waals surface area contributed by atoms with Gasteiger partial charge in [-0.2, -0.15) is 0 Å². The van der Waals surface area contributed by atoms with Gasteiger partial charge in [-0.25, -0.2) is 4.98 Å². The van der Waals surface area contributed by atoms with Gasteiger partial charge in [0.2, 0.25) is 0 Å². The first kappa shape index (κ1) is 31.7. The summed E-state index contributed by atoms with van der Waals surface area (Å²) in [5.41, 5.74) is 2.75. The molecule has 3 aromatic rings. The first-order valence-corrected chi connectivity index (χ1v) is 16.0. The molecule has 0 spiro atoms. The van der Waals surface area contributed by atoms with Crippen molar-refractivity contribution >= 4 is 16.9 Å². The Labute approximate surface area is 243 Å². The zero-order chi connectivity index (χ0) is 28.4. The molecule has 0 fully saturated rings. The van der Waals surface area contributed by atoms with Crippen LogP contribution >= 0.6 is 0 Å². The smallest absolute Gasteiger partial charge is 0.251 e. The van der Waals surface area contributed by atoms with E-state index in [0.717, 1.165) is 35.6 Å². The van der Waals surface area contributed by atoms with Gasteiger partial charge >= 0.3 is 0 Å². The largest absolute Gasteiger partial charge is 0.497 e. The molecule has 3 rings (SSSR count). The Morgan fingerprint density at radius 2 is 1.30 bits per heavy atom. The topological polar surface area (TPSA) is 56.2 Å². The molecule has 0 radical (unpaired) electrons. The minimum absolute atomic E-state index is 0.101. The minimum atomic E-state index is -0.192. The number of amides is 1. The van der Waals surface area contributed by atoms with Crippen molar-refractivity contribution in [1.82, 2.24) is 14.9 Å². The molecular weight excluding hydrogens is 494 g/mol. The third kappa shape index (κ3) is 10.6. The van der Waals surface area contributed by atoms with E-state index < -0.39 is 0 Å². The highest BCUT2D eigenvalue weighted by molar-refractivity contribution is 5.94. The highest BCUT2D eigenvalue weighted by Gasteiger charge is 2.19. The van der Waals surface area contributed by atoms with Crippen molar-refractivity contribution in [2.24, 2.45) is 0 Å². The summed E-state index contributed by atoms with van der Waals surface area (Å²) >= 11 is 0. The van der Waals surface area contributed by atoms with E-state index in [9.17, 15) is 4.79 Å². The zero-order valence-electron chi connectivity index (χ0n) is 25.4. The maximum Gasteiger partial charge on any atom is 0.251 e. The Morgan fingerprint density at radius 1 is 0.775 bits per heavy atom. The summed E-state index contributed by atoms with van der Waals surface area (Å²) < 4.78 is 7.51. The molecule has 0 aliphatic rings. The molecule has 1 N–H and O–H groups in total. The summed E-state index contributed by atoms with van der Waals surface area (Å²) in [4.78, 5) is 17.8. The third-order valence-electron chi connectivity index (χ3n) is 8.01. The lowest BCUT2D eigenvalue weighted by molar-refractivity contribution is 0.0937. The number of imidazole rings is 1. The van der Waals surface area contributed by atoms with E-state index >= 15 is 0 Å². The Hall–Kier alpha value is -2.82. The maximum atomic E-state index is 12.9. The van der Waals surface area contributed by atoms with Crippen molar-refractivity contribution < 1.29 is 9.53 Å². The number of carbonyl (C=O) groups excluding carboxylic acids is 1. The number of ether oxygens (including phenoxy) is 1. The lowest BCUT2D eigenvalue weighted by Gasteiger charge is -2.16. The van der Waals surface area contributed by atoms with E-state index in [1.807, 2.05) is 25.1 Å². The number of hydrogen-bond acceptors (Lipinski definition) is 3. The van der Waals surface area contributed by atoms with E-state index in [2.05, 4.69) is 35.0 Å². The molecule has 0 saturated carbocycles. The van der Waals surface area contributed by atoms with E-state index in [4.69, 9.17) is 9.72 Å². The molecule has 5 nitrogen and oxygen atoms in total. The summed E-state index contributed by atoms with van der Waals surface area (Å²) in [5.74, 6) is 1.56. The molecule has 1 heterocycles. The number of hydrogen-bond donors (Lipinski definition) is 1. The van der Waals surface area contributed by atoms with Gasteiger partial charge in [-0.1, -0.05) is 115 Å². The number of rotatable bonds is 21. The maximum absolute atomic E-state index is 12.9. The highest BCUT2D eigenvalue weighted by atomic mass is 16.5. The van der Waals surface area contributed by atoms with Gasteiger partial charge in [-0.15, -0.1) is 0 Å². The van der Waals surface area contributed by atoms with Gasteiger partial charge < -0.3 is 14.6 Å². The summed E-state index contributed by atoms with van der Waals surface area (Å²) in [6.45, 7) is 5.24. The van der Waals surface area contributed by atoms with Gasteiger partial charge in [-0.05, 0) is 49.7 Å². The van der Waals surface area contributed by atoms with Gasteiger partial charge in [0.15, 0.2) is 0 Å². The molecule has 220 valence electrons. The standard InChI is InChI=1S/C35H53N3O2/c1-4-5-6-7-8-9-10-11-12-13-14-15-16-17-18-21-28-38-33-23-20-19-22-32(33)37-34(38)29(2)36-35(39)30-24-26-31(40-3)27-25-30/h19-20,22-27,29H,4-18,21,28H2,1-3H3,(H,36,39). The van der Waals surface area contributed by atoms with Crippen LogP contribution in [-0.4, -0.2) is 22.6 Å². The zero-order valence-corrected chi connectivity index (χ0v) is 25.4. The van der Waals surface area contributed by atoms with Crippen LogP contribution < -0.4 is 10.1 Å². The van der Waals surface area contributed by atoms with E-state index in [-0.39, 0.29) is 11.9 Å². The van der Waals surface area contributed by atoms with Crippen molar-refractivity contribution in [1.29, 1.82) is 0 Å². The van der Waals surface area contributed by atoms with Crippen LogP contribution in [0.1, 0.15) is 139 Å². The summed E-state index contributed by atoms with van der Waals surface area (Å²) in [5, 5.41) is 3.14. The normalized spacial score (nSPS) is 12.1. The monoisotopic (exact) mass is 547 g/mol. The summed E-state index contributed by atoms with van der Waals surface area (Å²) in [6.07, 6.45) is 21.9. The third-order valence-corrected chi connectivity index (χ3v) is 8.01. The van der Waals surface area contributed by atoms with Crippen molar-refractivity contribution in [3.63, 3.8) is 0 Å². The second kappa shape index (κ2) is 18.5. The lowest BCUT2D eigenvalue weighted by atomic mass is 10.0. The number of benzene rings is 2. The fourth-order valence-corrected chi connectivity index (χ4v) is 5.56. The average molecular weight is 548 g/mol. The van der Waals surface area contributed by atoms with Crippen LogP contribution in [0.4, 0.5) is 0 Å². The number of nitrogens with zero attached hydrogens (tertiary/aromatic N) is 2. The first-order valence-electron chi connectivity index (χ1n) is 16.0. The highest BCUT2D eigenvalue weighted by Crippen LogP contribution is 2.23. The number of unbranched alkanes of at least 4 members (excludes halogenated alkanes) is 15. The SMILES string of the molecule is CCCCCCCCCCCCCCCCCCn1c(C(C)NC(=O)c2ccc(OC)cc2)nc2ccccc21. The number of para-hydroxylation sites is 2. The fraction of sp³-hybridized carbons (Fsp3) is 0.600. The molecule has 1 unspecified atom stereocenters. The molecule has 2 aromatic carbocycles. The Morgan fingerprint density at radius 3 is 1.85 bits per heavy atom. The average Bonchev–Trinajstić information content (AvgIpc) is 3.35. The fourth-order valence-electron chi connectivity index (χ4n) is 5.56. The van der Waals surface area contributed by atoms with E-state index in [1.165, 1.54) is 96.3 Å². The van der Waals surface area contributed by atoms with Gasteiger partial charge in [0.25, 0.3) is 5.91 Å². The first-order chi connectivity index (χ1) is 19.6. The minimum Gasteiger partial charge on any atom is -0.497 e.